The SMILES string of the molecule is Cc1cc(C)c(NC2CCCCC2)c(P(c2ccccc2)c2ccccc2)c1. The second-order valence-electron chi connectivity index (χ2n) is 7.96. The predicted molar refractivity (Wildman–Crippen MR) is 125 cm³/mol. The third kappa shape index (κ3) is 4.31. The normalized spacial score (nSPS) is 15.0. The zero-order valence-electron chi connectivity index (χ0n) is 17.0. The lowest BCUT2D eigenvalue weighted by atomic mass is 9.95. The second kappa shape index (κ2) is 8.93. The van der Waals surface area contributed by atoms with E-state index in [1.807, 2.05) is 0 Å². The molecule has 0 atom stereocenters. The molecule has 0 bridgehead atoms. The van der Waals surface area contributed by atoms with Gasteiger partial charge in [-0.25, -0.2) is 0 Å². The Balaban J connectivity index is 1.83. The van der Waals surface area contributed by atoms with Crippen molar-refractivity contribution in [2.24, 2.45) is 0 Å². The zero-order valence-corrected chi connectivity index (χ0v) is 17.9. The van der Waals surface area contributed by atoms with Crippen LogP contribution in [0.1, 0.15) is 43.2 Å². The van der Waals surface area contributed by atoms with Gasteiger partial charge < -0.3 is 5.32 Å². The summed E-state index contributed by atoms with van der Waals surface area (Å²) in [6.07, 6.45) is 6.68. The van der Waals surface area contributed by atoms with Crippen molar-refractivity contribution >= 4 is 29.5 Å². The minimum Gasteiger partial charge on any atom is -0.382 e. The first-order chi connectivity index (χ1) is 13.7. The minimum atomic E-state index is -0.589. The van der Waals surface area contributed by atoms with Crippen LogP contribution in [0.4, 0.5) is 5.69 Å². The minimum absolute atomic E-state index is 0.589. The molecular weight excluding hydrogens is 357 g/mol. The molecule has 0 amide bonds. The molecule has 1 aliphatic carbocycles. The van der Waals surface area contributed by atoms with E-state index < -0.39 is 7.92 Å². The van der Waals surface area contributed by atoms with E-state index in [1.54, 1.807) is 0 Å². The fourth-order valence-electron chi connectivity index (χ4n) is 4.34. The van der Waals surface area contributed by atoms with E-state index in [0.29, 0.717) is 6.04 Å². The lowest BCUT2D eigenvalue weighted by Gasteiger charge is -2.29. The number of anilines is 1. The monoisotopic (exact) mass is 387 g/mol. The first-order valence-corrected chi connectivity index (χ1v) is 11.8. The highest BCUT2D eigenvalue weighted by atomic mass is 31.1. The first-order valence-electron chi connectivity index (χ1n) is 10.5. The van der Waals surface area contributed by atoms with E-state index in [9.17, 15) is 0 Å². The highest BCUT2D eigenvalue weighted by Crippen LogP contribution is 2.38. The van der Waals surface area contributed by atoms with Crippen molar-refractivity contribution in [1.82, 2.24) is 0 Å². The molecule has 3 aromatic carbocycles. The highest BCUT2D eigenvalue weighted by Gasteiger charge is 2.23. The van der Waals surface area contributed by atoms with E-state index in [1.165, 1.54) is 64.8 Å². The molecule has 0 aliphatic heterocycles. The molecular formula is C26H30NP. The Morgan fingerprint density at radius 3 is 1.89 bits per heavy atom. The van der Waals surface area contributed by atoms with Gasteiger partial charge in [-0.3, -0.25) is 0 Å². The maximum atomic E-state index is 3.98. The van der Waals surface area contributed by atoms with Crippen LogP contribution in [0.25, 0.3) is 0 Å². The van der Waals surface area contributed by atoms with E-state index in [4.69, 9.17) is 0 Å². The largest absolute Gasteiger partial charge is 0.382 e. The van der Waals surface area contributed by atoms with Crippen molar-refractivity contribution < 1.29 is 0 Å². The molecule has 1 N–H and O–H groups in total. The van der Waals surface area contributed by atoms with Gasteiger partial charge in [-0.1, -0.05) is 91.6 Å². The van der Waals surface area contributed by atoms with Gasteiger partial charge in [0.25, 0.3) is 0 Å². The Kier molecular flexibility index (Phi) is 6.13. The van der Waals surface area contributed by atoms with Crippen LogP contribution in [0.2, 0.25) is 0 Å². The molecule has 0 spiro atoms. The maximum Gasteiger partial charge on any atom is 0.0457 e. The molecule has 0 saturated heterocycles. The van der Waals surface area contributed by atoms with Crippen molar-refractivity contribution in [3.8, 4) is 0 Å². The third-order valence-electron chi connectivity index (χ3n) is 5.68. The average molecular weight is 388 g/mol. The summed E-state index contributed by atoms with van der Waals surface area (Å²) in [7, 11) is -0.589. The summed E-state index contributed by atoms with van der Waals surface area (Å²) in [4.78, 5) is 0. The van der Waals surface area contributed by atoms with Gasteiger partial charge >= 0.3 is 0 Å². The van der Waals surface area contributed by atoms with Crippen LogP contribution in [0, 0.1) is 13.8 Å². The van der Waals surface area contributed by atoms with Gasteiger partial charge in [0.1, 0.15) is 0 Å². The Morgan fingerprint density at radius 1 is 0.750 bits per heavy atom. The van der Waals surface area contributed by atoms with Gasteiger partial charge in [-0.15, -0.1) is 0 Å². The number of benzene rings is 3. The van der Waals surface area contributed by atoms with Crippen molar-refractivity contribution in [3.05, 3.63) is 83.9 Å². The Hall–Kier alpha value is -2.11. The molecule has 2 heteroatoms. The van der Waals surface area contributed by atoms with E-state index in [0.717, 1.165) is 0 Å². The first kappa shape index (κ1) is 19.2. The van der Waals surface area contributed by atoms with Gasteiger partial charge in [0.05, 0.1) is 0 Å². The van der Waals surface area contributed by atoms with Crippen molar-refractivity contribution in [2.75, 3.05) is 5.32 Å². The highest BCUT2D eigenvalue weighted by molar-refractivity contribution is 7.80. The zero-order chi connectivity index (χ0) is 19.3. The molecule has 0 aromatic heterocycles. The summed E-state index contributed by atoms with van der Waals surface area (Å²) in [6, 6.07) is 27.4. The summed E-state index contributed by atoms with van der Waals surface area (Å²) >= 11 is 0. The quantitative estimate of drug-likeness (QED) is 0.545. The average Bonchev–Trinajstić information content (AvgIpc) is 2.73. The molecule has 4 rings (SSSR count). The standard InChI is InChI=1S/C26H30NP/c1-20-18-21(2)26(27-22-12-6-3-7-13-22)25(19-20)28(23-14-8-4-9-15-23)24-16-10-5-11-17-24/h4-5,8-11,14-19,22,27H,3,6-7,12-13H2,1-2H3. The van der Waals surface area contributed by atoms with Gasteiger partial charge in [0, 0.05) is 17.0 Å². The van der Waals surface area contributed by atoms with E-state index in [-0.39, 0.29) is 0 Å². The third-order valence-corrected chi connectivity index (χ3v) is 8.15. The predicted octanol–water partition coefficient (Wildman–Crippen LogP) is 5.81. The van der Waals surface area contributed by atoms with Gasteiger partial charge in [0.15, 0.2) is 0 Å². The van der Waals surface area contributed by atoms with Crippen molar-refractivity contribution in [1.29, 1.82) is 0 Å². The van der Waals surface area contributed by atoms with Gasteiger partial charge in [-0.2, -0.15) is 0 Å². The molecule has 3 aromatic rings. The Morgan fingerprint density at radius 2 is 1.32 bits per heavy atom. The lowest BCUT2D eigenvalue weighted by molar-refractivity contribution is 0.463. The number of nitrogens with one attached hydrogen (secondary N) is 1. The molecule has 0 radical (unpaired) electrons. The summed E-state index contributed by atoms with van der Waals surface area (Å²) in [5.41, 5.74) is 4.09. The van der Waals surface area contributed by atoms with E-state index in [2.05, 4.69) is 92.0 Å². The van der Waals surface area contributed by atoms with Crippen LogP contribution in [0.3, 0.4) is 0 Å². The number of rotatable bonds is 5. The van der Waals surface area contributed by atoms with Gasteiger partial charge in [-0.05, 0) is 56.8 Å². The molecule has 1 saturated carbocycles. The topological polar surface area (TPSA) is 12.0 Å². The molecule has 28 heavy (non-hydrogen) atoms. The lowest BCUT2D eigenvalue weighted by Crippen LogP contribution is -2.29. The van der Waals surface area contributed by atoms with Crippen LogP contribution >= 0.6 is 7.92 Å². The summed E-state index contributed by atoms with van der Waals surface area (Å²) in [6.45, 7) is 4.50. The Labute approximate surface area is 171 Å². The van der Waals surface area contributed by atoms with Crippen LogP contribution < -0.4 is 21.2 Å². The van der Waals surface area contributed by atoms with Crippen LogP contribution in [0.5, 0.6) is 0 Å². The molecule has 0 unspecified atom stereocenters. The number of hydrogen-bond donors (Lipinski definition) is 1. The molecule has 0 heterocycles. The van der Waals surface area contributed by atoms with Gasteiger partial charge in [0.2, 0.25) is 0 Å². The summed E-state index contributed by atoms with van der Waals surface area (Å²) in [5, 5.41) is 8.28. The maximum absolute atomic E-state index is 3.98. The van der Waals surface area contributed by atoms with Crippen LogP contribution in [-0.4, -0.2) is 6.04 Å². The summed E-state index contributed by atoms with van der Waals surface area (Å²) in [5.74, 6) is 0. The fraction of sp³-hybridized carbons (Fsp3) is 0.308. The molecule has 144 valence electrons. The molecule has 1 aliphatic rings. The van der Waals surface area contributed by atoms with Crippen molar-refractivity contribution in [3.63, 3.8) is 0 Å². The van der Waals surface area contributed by atoms with Crippen LogP contribution in [-0.2, 0) is 0 Å². The molecule has 1 fully saturated rings. The summed E-state index contributed by atoms with van der Waals surface area (Å²) < 4.78 is 0. The fourth-order valence-corrected chi connectivity index (χ4v) is 6.93. The molecule has 1 nitrogen and oxygen atoms in total. The Bertz CT molecular complexity index is 859. The smallest absolute Gasteiger partial charge is 0.0457 e. The van der Waals surface area contributed by atoms with E-state index >= 15 is 0 Å². The second-order valence-corrected chi connectivity index (χ2v) is 10.1. The van der Waals surface area contributed by atoms with Crippen molar-refractivity contribution in [2.45, 2.75) is 52.0 Å². The number of aryl methyl sites for hydroxylation is 2. The van der Waals surface area contributed by atoms with Crippen LogP contribution in [0.15, 0.2) is 72.8 Å². The number of hydrogen-bond acceptors (Lipinski definition) is 1.